The monoisotopic (exact) mass is 293 g/mol. The van der Waals surface area contributed by atoms with Crippen LogP contribution in [0, 0.1) is 6.92 Å². The van der Waals surface area contributed by atoms with Gasteiger partial charge in [-0.1, -0.05) is 5.16 Å². The summed E-state index contributed by atoms with van der Waals surface area (Å²) in [4.78, 5) is 6.89. The van der Waals surface area contributed by atoms with Gasteiger partial charge < -0.3 is 9.26 Å². The highest BCUT2D eigenvalue weighted by atomic mass is 32.1. The number of rotatable bonds is 6. The summed E-state index contributed by atoms with van der Waals surface area (Å²) in [5.74, 6) is 0. The number of aromatic nitrogens is 2. The average molecular weight is 293 g/mol. The summed E-state index contributed by atoms with van der Waals surface area (Å²) in [6.45, 7) is 5.45. The molecule has 1 fully saturated rings. The molecule has 20 heavy (non-hydrogen) atoms. The molecule has 1 saturated heterocycles. The van der Waals surface area contributed by atoms with Crippen molar-refractivity contribution in [3.8, 4) is 0 Å². The molecule has 3 heterocycles. The second-order valence-electron chi connectivity index (χ2n) is 5.18. The van der Waals surface area contributed by atoms with Gasteiger partial charge >= 0.3 is 0 Å². The summed E-state index contributed by atoms with van der Waals surface area (Å²) in [6.07, 6.45) is 4.26. The van der Waals surface area contributed by atoms with E-state index >= 15 is 0 Å². The first-order valence-electron chi connectivity index (χ1n) is 6.94. The minimum atomic E-state index is 0.336. The topological polar surface area (TPSA) is 51.4 Å². The Balaban J connectivity index is 1.65. The number of hydrogen-bond donors (Lipinski definition) is 0. The summed E-state index contributed by atoms with van der Waals surface area (Å²) in [5.41, 5.74) is 2.04. The highest BCUT2D eigenvalue weighted by Crippen LogP contribution is 2.18. The molecule has 1 atom stereocenters. The highest BCUT2D eigenvalue weighted by molar-refractivity contribution is 7.09. The molecule has 1 aliphatic heterocycles. The largest absolute Gasteiger partial charge is 0.377 e. The van der Waals surface area contributed by atoms with Crippen molar-refractivity contribution in [2.24, 2.45) is 0 Å². The van der Waals surface area contributed by atoms with Gasteiger partial charge in [-0.05, 0) is 19.8 Å². The second-order valence-corrected chi connectivity index (χ2v) is 6.12. The van der Waals surface area contributed by atoms with Gasteiger partial charge in [-0.3, -0.25) is 4.90 Å². The first-order chi connectivity index (χ1) is 9.79. The molecule has 108 valence electrons. The van der Waals surface area contributed by atoms with E-state index in [0.29, 0.717) is 6.10 Å². The van der Waals surface area contributed by atoms with Crippen LogP contribution < -0.4 is 0 Å². The Morgan fingerprint density at radius 1 is 1.45 bits per heavy atom. The van der Waals surface area contributed by atoms with Gasteiger partial charge in [0.2, 0.25) is 0 Å². The zero-order valence-corrected chi connectivity index (χ0v) is 12.4. The van der Waals surface area contributed by atoms with Crippen molar-refractivity contribution in [3.05, 3.63) is 34.1 Å². The zero-order valence-electron chi connectivity index (χ0n) is 11.6. The Labute approximate surface area is 122 Å². The third-order valence-electron chi connectivity index (χ3n) is 3.39. The molecule has 5 nitrogen and oxygen atoms in total. The Kier molecular flexibility index (Phi) is 4.44. The number of thiazole rings is 1. The summed E-state index contributed by atoms with van der Waals surface area (Å²) >= 11 is 1.71. The van der Waals surface area contributed by atoms with Crippen LogP contribution in [0.2, 0.25) is 0 Å². The van der Waals surface area contributed by atoms with Crippen LogP contribution in [-0.4, -0.2) is 34.3 Å². The van der Waals surface area contributed by atoms with Gasteiger partial charge in [0.1, 0.15) is 11.3 Å². The van der Waals surface area contributed by atoms with Crippen LogP contribution in [0.5, 0.6) is 0 Å². The van der Waals surface area contributed by atoms with E-state index in [1.165, 1.54) is 6.42 Å². The predicted octanol–water partition coefficient (Wildman–Crippen LogP) is 2.62. The van der Waals surface area contributed by atoms with Crippen molar-refractivity contribution in [1.82, 2.24) is 15.0 Å². The molecule has 2 aromatic heterocycles. The zero-order chi connectivity index (χ0) is 13.8. The molecule has 0 aromatic carbocycles. The van der Waals surface area contributed by atoms with Gasteiger partial charge in [0, 0.05) is 36.8 Å². The Bertz CT molecular complexity index is 520. The quantitative estimate of drug-likeness (QED) is 0.819. The maximum absolute atomic E-state index is 5.74. The molecule has 0 radical (unpaired) electrons. The molecule has 2 aromatic rings. The molecule has 3 rings (SSSR count). The normalized spacial score (nSPS) is 19.0. The van der Waals surface area contributed by atoms with Gasteiger partial charge in [0.05, 0.1) is 18.3 Å². The Morgan fingerprint density at radius 2 is 2.40 bits per heavy atom. The van der Waals surface area contributed by atoms with Gasteiger partial charge in [0.25, 0.3) is 0 Å². The number of hydrogen-bond acceptors (Lipinski definition) is 6. The Hall–Kier alpha value is -1.24. The maximum atomic E-state index is 5.74. The van der Waals surface area contributed by atoms with E-state index in [-0.39, 0.29) is 0 Å². The summed E-state index contributed by atoms with van der Waals surface area (Å²) in [6, 6.07) is 1.91. The van der Waals surface area contributed by atoms with E-state index in [1.54, 1.807) is 17.6 Å². The molecule has 0 bridgehead atoms. The molecular formula is C14H19N3O2S. The van der Waals surface area contributed by atoms with Gasteiger partial charge in [-0.25, -0.2) is 4.98 Å². The van der Waals surface area contributed by atoms with Crippen LogP contribution >= 0.6 is 11.3 Å². The lowest BCUT2D eigenvalue weighted by atomic mass is 10.2. The summed E-state index contributed by atoms with van der Waals surface area (Å²) in [5, 5.41) is 7.24. The van der Waals surface area contributed by atoms with Gasteiger partial charge in [-0.15, -0.1) is 11.3 Å². The molecule has 1 unspecified atom stereocenters. The molecule has 0 aliphatic carbocycles. The van der Waals surface area contributed by atoms with E-state index in [0.717, 1.165) is 49.1 Å². The fourth-order valence-electron chi connectivity index (χ4n) is 2.48. The van der Waals surface area contributed by atoms with Crippen LogP contribution in [0.25, 0.3) is 0 Å². The number of ether oxygens (including phenoxy) is 1. The first-order valence-corrected chi connectivity index (χ1v) is 7.82. The molecule has 0 saturated carbocycles. The average Bonchev–Trinajstić information content (AvgIpc) is 3.13. The minimum Gasteiger partial charge on any atom is -0.377 e. The van der Waals surface area contributed by atoms with Gasteiger partial charge in [-0.2, -0.15) is 0 Å². The van der Waals surface area contributed by atoms with Crippen LogP contribution in [0.3, 0.4) is 0 Å². The van der Waals surface area contributed by atoms with Crippen molar-refractivity contribution in [2.45, 2.75) is 39.0 Å². The standard InChI is InChI=1S/C14H19N3O2S/c1-11-10-20-14(15-11)9-17(7-12-4-6-19-16-12)8-13-3-2-5-18-13/h4,6,10,13H,2-3,5,7-9H2,1H3. The van der Waals surface area contributed by atoms with E-state index in [1.807, 2.05) is 13.0 Å². The lowest BCUT2D eigenvalue weighted by molar-refractivity contribution is 0.0671. The number of nitrogens with zero attached hydrogens (tertiary/aromatic N) is 3. The lowest BCUT2D eigenvalue weighted by Crippen LogP contribution is -2.31. The van der Waals surface area contributed by atoms with E-state index in [2.05, 4.69) is 20.4 Å². The molecular weight excluding hydrogens is 274 g/mol. The smallest absolute Gasteiger partial charge is 0.124 e. The van der Waals surface area contributed by atoms with Crippen molar-refractivity contribution >= 4 is 11.3 Å². The SMILES string of the molecule is Cc1csc(CN(Cc2ccon2)CC2CCCO2)n1. The Morgan fingerprint density at radius 3 is 3.05 bits per heavy atom. The second kappa shape index (κ2) is 6.47. The van der Waals surface area contributed by atoms with Crippen LogP contribution in [-0.2, 0) is 17.8 Å². The van der Waals surface area contributed by atoms with E-state index in [4.69, 9.17) is 9.26 Å². The highest BCUT2D eigenvalue weighted by Gasteiger charge is 2.20. The molecule has 0 spiro atoms. The lowest BCUT2D eigenvalue weighted by Gasteiger charge is -2.23. The molecule has 1 aliphatic rings. The molecule has 0 amide bonds. The number of aryl methyl sites for hydroxylation is 1. The van der Waals surface area contributed by atoms with Crippen LogP contribution in [0.15, 0.2) is 22.2 Å². The fraction of sp³-hybridized carbons (Fsp3) is 0.571. The fourth-order valence-corrected chi connectivity index (χ4v) is 3.29. The first kappa shape index (κ1) is 13.7. The van der Waals surface area contributed by atoms with Crippen molar-refractivity contribution in [3.63, 3.8) is 0 Å². The third kappa shape index (κ3) is 3.65. The van der Waals surface area contributed by atoms with E-state index in [9.17, 15) is 0 Å². The minimum absolute atomic E-state index is 0.336. The van der Waals surface area contributed by atoms with Crippen molar-refractivity contribution in [1.29, 1.82) is 0 Å². The van der Waals surface area contributed by atoms with Gasteiger partial charge in [0.15, 0.2) is 0 Å². The molecule has 0 N–H and O–H groups in total. The maximum Gasteiger partial charge on any atom is 0.124 e. The van der Waals surface area contributed by atoms with Crippen molar-refractivity contribution in [2.75, 3.05) is 13.2 Å². The summed E-state index contributed by atoms with van der Waals surface area (Å²) in [7, 11) is 0. The summed E-state index contributed by atoms with van der Waals surface area (Å²) < 4.78 is 10.7. The molecule has 6 heteroatoms. The predicted molar refractivity (Wildman–Crippen MR) is 76.4 cm³/mol. The van der Waals surface area contributed by atoms with Crippen molar-refractivity contribution < 1.29 is 9.26 Å². The van der Waals surface area contributed by atoms with Crippen LogP contribution in [0.1, 0.15) is 29.2 Å². The third-order valence-corrected chi connectivity index (χ3v) is 4.34. The van der Waals surface area contributed by atoms with Crippen LogP contribution in [0.4, 0.5) is 0 Å². The van der Waals surface area contributed by atoms with E-state index < -0.39 is 0 Å².